The van der Waals surface area contributed by atoms with Crippen LogP contribution in [0.15, 0.2) is 48.5 Å². The molecule has 0 aliphatic carbocycles. The Labute approximate surface area is 120 Å². The fourth-order valence-electron chi connectivity index (χ4n) is 2.97. The van der Waals surface area contributed by atoms with Gasteiger partial charge in [-0.2, -0.15) is 0 Å². The zero-order chi connectivity index (χ0) is 13.8. The van der Waals surface area contributed by atoms with Crippen molar-refractivity contribution in [2.45, 2.75) is 25.3 Å². The molecule has 0 amide bonds. The molecule has 1 atom stereocenters. The maximum atomic E-state index is 5.32. The van der Waals surface area contributed by atoms with Gasteiger partial charge in [0.05, 0.1) is 7.11 Å². The van der Waals surface area contributed by atoms with Crippen molar-refractivity contribution in [3.8, 4) is 5.75 Å². The maximum Gasteiger partial charge on any atom is 0.119 e. The first-order chi connectivity index (χ1) is 9.86. The third-order valence-electron chi connectivity index (χ3n) is 4.08. The molecule has 2 aromatic rings. The Bertz CT molecular complexity index is 565. The van der Waals surface area contributed by atoms with Crippen molar-refractivity contribution in [3.63, 3.8) is 0 Å². The highest BCUT2D eigenvalue weighted by Crippen LogP contribution is 2.29. The molecule has 0 aromatic heterocycles. The minimum absolute atomic E-state index is 0.463. The van der Waals surface area contributed by atoms with Crippen molar-refractivity contribution >= 4 is 0 Å². The topological polar surface area (TPSA) is 21.3 Å². The summed E-state index contributed by atoms with van der Waals surface area (Å²) in [4.78, 5) is 0. The summed E-state index contributed by atoms with van der Waals surface area (Å²) >= 11 is 0. The number of benzene rings is 2. The lowest BCUT2D eigenvalue weighted by atomic mass is 9.90. The molecule has 2 aromatic carbocycles. The van der Waals surface area contributed by atoms with E-state index in [0.29, 0.717) is 6.04 Å². The lowest BCUT2D eigenvalue weighted by Crippen LogP contribution is -2.30. The van der Waals surface area contributed by atoms with E-state index in [1.54, 1.807) is 7.11 Å². The van der Waals surface area contributed by atoms with Crippen LogP contribution in [0.4, 0.5) is 0 Å². The first-order valence-corrected chi connectivity index (χ1v) is 7.31. The molecule has 0 fully saturated rings. The van der Waals surface area contributed by atoms with Gasteiger partial charge in [-0.25, -0.2) is 0 Å². The largest absolute Gasteiger partial charge is 0.497 e. The lowest BCUT2D eigenvalue weighted by Gasteiger charge is -2.27. The van der Waals surface area contributed by atoms with E-state index in [1.807, 2.05) is 0 Å². The maximum absolute atomic E-state index is 5.32. The second-order valence-electron chi connectivity index (χ2n) is 5.35. The van der Waals surface area contributed by atoms with Crippen LogP contribution in [0, 0.1) is 0 Å². The summed E-state index contributed by atoms with van der Waals surface area (Å²) in [6, 6.07) is 17.7. The van der Waals surface area contributed by atoms with E-state index in [4.69, 9.17) is 4.74 Å². The summed E-state index contributed by atoms with van der Waals surface area (Å²) in [6.45, 7) is 1.06. The van der Waals surface area contributed by atoms with E-state index >= 15 is 0 Å². The highest BCUT2D eigenvalue weighted by Gasteiger charge is 2.19. The summed E-state index contributed by atoms with van der Waals surface area (Å²) in [6.07, 6.45) is 3.35. The molecule has 20 heavy (non-hydrogen) atoms. The van der Waals surface area contributed by atoms with Crippen LogP contribution in [-0.2, 0) is 12.8 Å². The van der Waals surface area contributed by atoms with Gasteiger partial charge in [0.25, 0.3) is 0 Å². The quantitative estimate of drug-likeness (QED) is 0.915. The summed E-state index contributed by atoms with van der Waals surface area (Å²) < 4.78 is 5.32. The van der Waals surface area contributed by atoms with E-state index in [-0.39, 0.29) is 0 Å². The Balaban J connectivity index is 1.73. The molecule has 1 aliphatic rings. The molecule has 2 heteroatoms. The molecule has 1 N–H and O–H groups in total. The van der Waals surface area contributed by atoms with E-state index in [2.05, 4.69) is 53.8 Å². The van der Waals surface area contributed by atoms with Crippen LogP contribution in [-0.4, -0.2) is 13.7 Å². The van der Waals surface area contributed by atoms with Crippen molar-refractivity contribution in [1.29, 1.82) is 0 Å². The Morgan fingerprint density at radius 1 is 1.15 bits per heavy atom. The average molecular weight is 267 g/mol. The number of aryl methyl sites for hydroxylation is 1. The number of ether oxygens (including phenoxy) is 1. The summed E-state index contributed by atoms with van der Waals surface area (Å²) in [7, 11) is 1.73. The first-order valence-electron chi connectivity index (χ1n) is 7.31. The predicted molar refractivity (Wildman–Crippen MR) is 82.2 cm³/mol. The highest BCUT2D eigenvalue weighted by atomic mass is 16.5. The molecule has 0 spiro atoms. The van der Waals surface area contributed by atoms with Gasteiger partial charge in [0.2, 0.25) is 0 Å². The molecular weight excluding hydrogens is 246 g/mol. The van der Waals surface area contributed by atoms with Gasteiger partial charge in [-0.05, 0) is 54.6 Å². The number of methoxy groups -OCH3 is 1. The van der Waals surface area contributed by atoms with Gasteiger partial charge in [-0.15, -0.1) is 0 Å². The van der Waals surface area contributed by atoms with E-state index < -0.39 is 0 Å². The van der Waals surface area contributed by atoms with Gasteiger partial charge >= 0.3 is 0 Å². The van der Waals surface area contributed by atoms with Gasteiger partial charge in [0.15, 0.2) is 0 Å². The number of hydrogen-bond acceptors (Lipinski definition) is 2. The number of rotatable bonds is 4. The molecule has 104 valence electrons. The molecule has 1 heterocycles. The monoisotopic (exact) mass is 267 g/mol. The van der Waals surface area contributed by atoms with Crippen LogP contribution in [0.1, 0.15) is 29.2 Å². The second kappa shape index (κ2) is 6.10. The number of nitrogens with one attached hydrogen (secondary N) is 1. The SMILES string of the molecule is COc1ccc2c(c1)CCN[C@@H]2CCc1ccccc1. The standard InChI is InChI=1S/C18H21NO/c1-20-16-8-9-17-15(13-16)11-12-19-18(17)10-7-14-5-3-2-4-6-14/h2-6,8-9,13,18-19H,7,10-12H2,1H3/t18-/m1/s1. The van der Waals surface area contributed by atoms with Crippen molar-refractivity contribution in [3.05, 3.63) is 65.2 Å². The Kier molecular flexibility index (Phi) is 4.03. The molecule has 0 unspecified atom stereocenters. The van der Waals surface area contributed by atoms with Crippen LogP contribution in [0.25, 0.3) is 0 Å². The molecule has 3 rings (SSSR count). The minimum atomic E-state index is 0.463. The molecule has 1 aliphatic heterocycles. The predicted octanol–water partition coefficient (Wildman–Crippen LogP) is 3.51. The molecule has 2 nitrogen and oxygen atoms in total. The van der Waals surface area contributed by atoms with Crippen LogP contribution >= 0.6 is 0 Å². The zero-order valence-electron chi connectivity index (χ0n) is 11.9. The van der Waals surface area contributed by atoms with Gasteiger partial charge in [-0.3, -0.25) is 0 Å². The van der Waals surface area contributed by atoms with E-state index in [1.165, 1.54) is 16.7 Å². The third kappa shape index (κ3) is 2.86. The van der Waals surface area contributed by atoms with Crippen LogP contribution in [0.5, 0.6) is 5.75 Å². The van der Waals surface area contributed by atoms with Crippen LogP contribution in [0.2, 0.25) is 0 Å². The first kappa shape index (κ1) is 13.2. The molecule has 0 saturated carbocycles. The summed E-state index contributed by atoms with van der Waals surface area (Å²) in [5.74, 6) is 0.965. The van der Waals surface area contributed by atoms with Gasteiger partial charge in [0, 0.05) is 6.04 Å². The molecule has 0 saturated heterocycles. The van der Waals surface area contributed by atoms with E-state index in [9.17, 15) is 0 Å². The number of hydrogen-bond donors (Lipinski definition) is 1. The van der Waals surface area contributed by atoms with Gasteiger partial charge < -0.3 is 10.1 Å². The van der Waals surface area contributed by atoms with Crippen molar-refractivity contribution < 1.29 is 4.74 Å². The second-order valence-corrected chi connectivity index (χ2v) is 5.35. The van der Waals surface area contributed by atoms with Crippen LogP contribution in [0.3, 0.4) is 0 Å². The van der Waals surface area contributed by atoms with Gasteiger partial charge in [-0.1, -0.05) is 36.4 Å². The molecule has 0 bridgehead atoms. The normalized spacial score (nSPS) is 17.6. The highest BCUT2D eigenvalue weighted by molar-refractivity contribution is 5.39. The fraction of sp³-hybridized carbons (Fsp3) is 0.333. The van der Waals surface area contributed by atoms with Gasteiger partial charge in [0.1, 0.15) is 5.75 Å². The van der Waals surface area contributed by atoms with Crippen LogP contribution < -0.4 is 10.1 Å². The van der Waals surface area contributed by atoms with Crippen molar-refractivity contribution in [2.75, 3.05) is 13.7 Å². The average Bonchev–Trinajstić information content (AvgIpc) is 2.53. The molecule has 0 radical (unpaired) electrons. The summed E-state index contributed by atoms with van der Waals surface area (Å²) in [5.41, 5.74) is 4.28. The van der Waals surface area contributed by atoms with Crippen molar-refractivity contribution in [2.24, 2.45) is 0 Å². The Hall–Kier alpha value is -1.80. The summed E-state index contributed by atoms with van der Waals surface area (Å²) in [5, 5.41) is 3.64. The fourth-order valence-corrected chi connectivity index (χ4v) is 2.97. The number of fused-ring (bicyclic) bond motifs is 1. The smallest absolute Gasteiger partial charge is 0.119 e. The zero-order valence-corrected chi connectivity index (χ0v) is 11.9. The minimum Gasteiger partial charge on any atom is -0.497 e. The lowest BCUT2D eigenvalue weighted by molar-refractivity contribution is 0.411. The van der Waals surface area contributed by atoms with Crippen molar-refractivity contribution in [1.82, 2.24) is 5.32 Å². The van der Waals surface area contributed by atoms with E-state index in [0.717, 1.165) is 31.6 Å². The Morgan fingerprint density at radius 3 is 2.80 bits per heavy atom. The molecular formula is C18H21NO. The third-order valence-corrected chi connectivity index (χ3v) is 4.08. The Morgan fingerprint density at radius 2 is 2.00 bits per heavy atom.